The summed E-state index contributed by atoms with van der Waals surface area (Å²) in [6.45, 7) is 8.70. The summed E-state index contributed by atoms with van der Waals surface area (Å²) in [5, 5.41) is 31.3. The summed E-state index contributed by atoms with van der Waals surface area (Å²) in [6, 6.07) is 29.0. The molecule has 344 valence electrons. The van der Waals surface area contributed by atoms with Crippen molar-refractivity contribution in [2.45, 2.75) is 89.9 Å². The predicted octanol–water partition coefficient (Wildman–Crippen LogP) is 6.71. The van der Waals surface area contributed by atoms with Crippen LogP contribution < -0.4 is 10.1 Å². The largest absolute Gasteiger partial charge is 0.497 e. The van der Waals surface area contributed by atoms with Crippen molar-refractivity contribution in [2.75, 3.05) is 45.8 Å². The molecule has 0 bridgehead atoms. The summed E-state index contributed by atoms with van der Waals surface area (Å²) in [6.07, 6.45) is -0.856. The van der Waals surface area contributed by atoms with Crippen molar-refractivity contribution < 1.29 is 47.4 Å². The summed E-state index contributed by atoms with van der Waals surface area (Å²) < 4.78 is 54.9. The monoisotopic (exact) mass is 910 g/mol. The molecular weight excluding hydrogens is 856 g/mol. The Kier molecular flexibility index (Phi) is 17.8. The minimum absolute atomic E-state index is 0.0415. The number of anilines is 1. The summed E-state index contributed by atoms with van der Waals surface area (Å²) in [5.74, 6) is 0.527. The Bertz CT molecular complexity index is 2300. The lowest BCUT2D eigenvalue weighted by atomic mass is 9.79. The smallest absolute Gasteiger partial charge is 0.259 e. The number of benzene rings is 3. The maximum absolute atomic E-state index is 12.2. The fourth-order valence-electron chi connectivity index (χ4n) is 7.67. The van der Waals surface area contributed by atoms with E-state index < -0.39 is 38.7 Å². The van der Waals surface area contributed by atoms with Gasteiger partial charge in [-0.25, -0.2) is 19.6 Å². The van der Waals surface area contributed by atoms with Gasteiger partial charge >= 0.3 is 0 Å². The van der Waals surface area contributed by atoms with Crippen LogP contribution in [0.5, 0.6) is 5.75 Å². The molecule has 1 amide bonds. The molecule has 18 nitrogen and oxygen atoms in total. The normalized spacial score (nSPS) is 18.7. The molecule has 1 saturated heterocycles. The van der Waals surface area contributed by atoms with Crippen LogP contribution in [0.25, 0.3) is 11.2 Å². The lowest BCUT2D eigenvalue weighted by Gasteiger charge is -2.39. The molecule has 65 heavy (non-hydrogen) atoms. The average Bonchev–Trinajstić information content (AvgIpc) is 3.89. The molecule has 1 aliphatic heterocycles. The van der Waals surface area contributed by atoms with Gasteiger partial charge in [-0.1, -0.05) is 66.7 Å². The number of carbonyl (C=O) groups is 1. The molecule has 0 radical (unpaired) electrons. The van der Waals surface area contributed by atoms with E-state index in [0.717, 1.165) is 22.3 Å². The van der Waals surface area contributed by atoms with Gasteiger partial charge in [0.25, 0.3) is 8.53 Å². The van der Waals surface area contributed by atoms with E-state index in [1.165, 1.54) is 19.6 Å². The molecule has 0 aliphatic carbocycles. The molecule has 19 heteroatoms. The van der Waals surface area contributed by atoms with Crippen LogP contribution in [0.15, 0.2) is 91.5 Å². The first-order valence-electron chi connectivity index (χ1n) is 21.1. The van der Waals surface area contributed by atoms with Crippen LogP contribution in [0.3, 0.4) is 0 Å². The van der Waals surface area contributed by atoms with E-state index in [2.05, 4.69) is 31.0 Å². The molecule has 3 heterocycles. The molecule has 1 aliphatic rings. The van der Waals surface area contributed by atoms with Crippen molar-refractivity contribution in [3.8, 4) is 17.9 Å². The highest BCUT2D eigenvalue weighted by Crippen LogP contribution is 2.51. The van der Waals surface area contributed by atoms with Crippen LogP contribution in [0, 0.1) is 22.7 Å². The van der Waals surface area contributed by atoms with E-state index in [9.17, 15) is 15.2 Å². The van der Waals surface area contributed by atoms with Crippen LogP contribution in [-0.4, -0.2) is 106 Å². The van der Waals surface area contributed by atoms with Crippen LogP contribution >= 0.6 is 8.53 Å². The highest BCUT2D eigenvalue weighted by atomic mass is 31.2. The number of aliphatic hydroxyl groups is 1. The van der Waals surface area contributed by atoms with Crippen LogP contribution in [0.1, 0.15) is 69.5 Å². The molecule has 0 spiro atoms. The highest BCUT2D eigenvalue weighted by Gasteiger charge is 2.52. The summed E-state index contributed by atoms with van der Waals surface area (Å²) in [7, 11) is -0.278. The van der Waals surface area contributed by atoms with E-state index in [1.54, 1.807) is 11.7 Å². The fourth-order valence-corrected chi connectivity index (χ4v) is 9.44. The number of aliphatic hydroxyl groups excluding tert-OH is 1. The number of nitriles is 2. The maximum atomic E-state index is 12.2. The lowest BCUT2D eigenvalue weighted by Crippen LogP contribution is -2.43. The van der Waals surface area contributed by atoms with Gasteiger partial charge in [0, 0.05) is 19.0 Å². The lowest BCUT2D eigenvalue weighted by molar-refractivity contribution is -0.171. The van der Waals surface area contributed by atoms with Gasteiger partial charge in [0.15, 0.2) is 30.0 Å². The number of carbonyl (C=O) groups excluding carboxylic acids is 1. The van der Waals surface area contributed by atoms with Gasteiger partial charge in [-0.05, 0) is 62.1 Å². The first-order chi connectivity index (χ1) is 31.6. The van der Waals surface area contributed by atoms with Crippen molar-refractivity contribution >= 4 is 31.4 Å². The second-order valence-electron chi connectivity index (χ2n) is 15.4. The Labute approximate surface area is 379 Å². The molecule has 5 aromatic rings. The van der Waals surface area contributed by atoms with Crippen molar-refractivity contribution in [3.05, 3.63) is 114 Å². The Morgan fingerprint density at radius 2 is 1.62 bits per heavy atom. The first kappa shape index (κ1) is 49.0. The zero-order valence-corrected chi connectivity index (χ0v) is 38.2. The van der Waals surface area contributed by atoms with Gasteiger partial charge in [-0.2, -0.15) is 10.5 Å². The third-order valence-corrected chi connectivity index (χ3v) is 12.6. The Hall–Kier alpha value is -5.47. The number of aromatic nitrogens is 4. The van der Waals surface area contributed by atoms with Gasteiger partial charge in [0.1, 0.15) is 49.4 Å². The minimum Gasteiger partial charge on any atom is -0.497 e. The number of rotatable bonds is 24. The van der Waals surface area contributed by atoms with E-state index in [4.69, 9.17) is 42.7 Å². The molecule has 2 aromatic heterocycles. The van der Waals surface area contributed by atoms with Crippen LogP contribution in [0.4, 0.5) is 5.82 Å². The minimum atomic E-state index is -1.88. The third kappa shape index (κ3) is 11.7. The Balaban J connectivity index is 1.51. The number of hydrogen-bond acceptors (Lipinski definition) is 16. The van der Waals surface area contributed by atoms with Gasteiger partial charge < -0.3 is 47.9 Å². The Morgan fingerprint density at radius 1 is 0.923 bits per heavy atom. The SMILES string of the molecule is COc1ccc(C(OC[C@H]2O[C@@H](n3cnc4c(NC(C)=O)ncnc43)[C@@H](OCOCOCC#N)C2OP(OCCC#N)N(C(C)C)C(C)C)(c2ccccc2)c2ccc(CO)cc2)cc1. The number of hydrogen-bond donors (Lipinski definition) is 2. The van der Waals surface area contributed by atoms with Crippen molar-refractivity contribution in [3.63, 3.8) is 0 Å². The summed E-state index contributed by atoms with van der Waals surface area (Å²) in [5.41, 5.74) is 2.47. The molecule has 0 saturated carbocycles. The quantitative estimate of drug-likeness (QED) is 0.0285. The molecule has 3 unspecified atom stereocenters. The van der Waals surface area contributed by atoms with Gasteiger partial charge in [0.05, 0.1) is 51.8 Å². The number of methoxy groups -OCH3 is 1. The summed E-state index contributed by atoms with van der Waals surface area (Å²) >= 11 is 0. The number of nitrogens with zero attached hydrogens (tertiary/aromatic N) is 7. The second-order valence-corrected chi connectivity index (χ2v) is 16.8. The van der Waals surface area contributed by atoms with Crippen molar-refractivity contribution in [2.24, 2.45) is 0 Å². The first-order valence-corrected chi connectivity index (χ1v) is 22.2. The van der Waals surface area contributed by atoms with Crippen molar-refractivity contribution in [1.82, 2.24) is 24.2 Å². The number of amides is 1. The maximum Gasteiger partial charge on any atom is 0.259 e. The predicted molar refractivity (Wildman–Crippen MR) is 239 cm³/mol. The molecule has 3 aromatic carbocycles. The number of imidazole rings is 1. The molecule has 6 atom stereocenters. The van der Waals surface area contributed by atoms with E-state index in [-0.39, 0.29) is 70.2 Å². The zero-order valence-electron chi connectivity index (χ0n) is 37.3. The topological polar surface area (TPSA) is 218 Å². The highest BCUT2D eigenvalue weighted by molar-refractivity contribution is 7.44. The Morgan fingerprint density at radius 3 is 2.25 bits per heavy atom. The van der Waals surface area contributed by atoms with E-state index in [0.29, 0.717) is 16.9 Å². The van der Waals surface area contributed by atoms with Crippen LogP contribution in [0.2, 0.25) is 0 Å². The molecule has 6 rings (SSSR count). The molecule has 2 N–H and O–H groups in total. The number of fused-ring (bicyclic) bond motifs is 1. The van der Waals surface area contributed by atoms with Gasteiger partial charge in [-0.15, -0.1) is 0 Å². The van der Waals surface area contributed by atoms with E-state index in [1.807, 2.05) is 113 Å². The van der Waals surface area contributed by atoms with Gasteiger partial charge in [0.2, 0.25) is 5.91 Å². The van der Waals surface area contributed by atoms with Crippen molar-refractivity contribution in [1.29, 1.82) is 10.5 Å². The van der Waals surface area contributed by atoms with E-state index >= 15 is 0 Å². The second kappa shape index (κ2) is 23.6. The average molecular weight is 911 g/mol. The fraction of sp³-hybridized carbons (Fsp3) is 0.435. The molecular formula is C46H55N8O10P. The zero-order chi connectivity index (χ0) is 46.3. The standard InChI is InChI=1S/C46H55N8O10P/c1-31(2)54(32(3)4)65(62-23-10-21-47)64-41-39(63-45(42(41)60-30-59-29-58-24-22-48)53-28-51-40-43(52-33(5)56)49-27-50-44(40)53)26-61-46(35-11-8-7-9-12-35,36-15-13-34(25-55)14-16-36)37-17-19-38(57-6)20-18-37/h7-9,11-20,27-28,31-32,39,41-42,45,55H,10,23-26,29-30H2,1-6H3,(H,49,50,52,56)/t39-,41?,42+,45-,46?,65?/m1/s1. The number of nitrogens with one attached hydrogen (secondary N) is 1. The van der Waals surface area contributed by atoms with Gasteiger partial charge in [-0.3, -0.25) is 9.36 Å². The number of ether oxygens (including phenoxy) is 6. The third-order valence-electron chi connectivity index (χ3n) is 10.4. The van der Waals surface area contributed by atoms with Crippen LogP contribution in [-0.2, 0) is 49.7 Å². The summed E-state index contributed by atoms with van der Waals surface area (Å²) in [4.78, 5) is 25.6. The molecule has 1 fully saturated rings.